The van der Waals surface area contributed by atoms with Crippen molar-refractivity contribution in [2.24, 2.45) is 17.3 Å². The predicted octanol–water partition coefficient (Wildman–Crippen LogP) is 2.33. The van der Waals surface area contributed by atoms with Crippen LogP contribution in [-0.2, 0) is 9.59 Å². The van der Waals surface area contributed by atoms with E-state index in [0.717, 1.165) is 51.6 Å². The Kier molecular flexibility index (Phi) is 3.98. The second-order valence-corrected chi connectivity index (χ2v) is 7.99. The maximum Gasteiger partial charge on any atom is 0.225 e. The van der Waals surface area contributed by atoms with Crippen LogP contribution in [0.4, 0.5) is 0 Å². The number of nitrogens with zero attached hydrogens (tertiary/aromatic N) is 1. The second-order valence-electron chi connectivity index (χ2n) is 7.99. The molecule has 118 valence electrons. The van der Waals surface area contributed by atoms with Crippen LogP contribution in [0.1, 0.15) is 58.8 Å². The van der Waals surface area contributed by atoms with Crippen molar-refractivity contribution in [3.8, 4) is 0 Å². The molecule has 2 amide bonds. The molecule has 2 aliphatic carbocycles. The zero-order valence-corrected chi connectivity index (χ0v) is 13.4. The molecular formula is C17H28N2O2. The number of nitrogens with one attached hydrogen (secondary N) is 1. The molecule has 4 heteroatoms. The number of carbonyl (C=O) groups is 2. The summed E-state index contributed by atoms with van der Waals surface area (Å²) < 4.78 is 0. The first-order valence-corrected chi connectivity index (χ1v) is 8.54. The van der Waals surface area contributed by atoms with Crippen LogP contribution in [0.25, 0.3) is 0 Å². The van der Waals surface area contributed by atoms with Crippen LogP contribution in [0.3, 0.4) is 0 Å². The molecular weight excluding hydrogens is 264 g/mol. The summed E-state index contributed by atoms with van der Waals surface area (Å²) in [6.07, 6.45) is 7.20. The van der Waals surface area contributed by atoms with Crippen LogP contribution < -0.4 is 5.32 Å². The molecule has 1 N–H and O–H groups in total. The Morgan fingerprint density at radius 2 is 1.67 bits per heavy atom. The minimum Gasteiger partial charge on any atom is -0.353 e. The summed E-state index contributed by atoms with van der Waals surface area (Å²) in [5.41, 5.74) is 0.373. The number of piperidine rings is 1. The van der Waals surface area contributed by atoms with Gasteiger partial charge < -0.3 is 10.2 Å². The molecule has 1 heterocycles. The largest absolute Gasteiger partial charge is 0.353 e. The van der Waals surface area contributed by atoms with Gasteiger partial charge in [0.2, 0.25) is 11.8 Å². The van der Waals surface area contributed by atoms with Gasteiger partial charge in [-0.1, -0.05) is 13.8 Å². The van der Waals surface area contributed by atoms with Crippen LogP contribution in [-0.4, -0.2) is 35.8 Å². The topological polar surface area (TPSA) is 49.4 Å². The maximum atomic E-state index is 12.4. The highest BCUT2D eigenvalue weighted by Gasteiger charge is 2.37. The molecule has 4 nitrogen and oxygen atoms in total. The SMILES string of the molecule is CC1(C)CCC(NC(=O)C2CCN(C(=O)C3CC3)CC2)C1. The normalized spacial score (nSPS) is 29.4. The van der Waals surface area contributed by atoms with Crippen LogP contribution in [0.15, 0.2) is 0 Å². The quantitative estimate of drug-likeness (QED) is 0.868. The van der Waals surface area contributed by atoms with E-state index in [0.29, 0.717) is 23.3 Å². The van der Waals surface area contributed by atoms with E-state index in [1.807, 2.05) is 4.90 Å². The number of amides is 2. The Balaban J connectivity index is 1.43. The summed E-state index contributed by atoms with van der Waals surface area (Å²) in [4.78, 5) is 26.4. The van der Waals surface area contributed by atoms with Crippen LogP contribution in [0.2, 0.25) is 0 Å². The minimum atomic E-state index is 0.108. The van der Waals surface area contributed by atoms with E-state index in [1.54, 1.807) is 0 Å². The molecule has 1 saturated heterocycles. The zero-order valence-electron chi connectivity index (χ0n) is 13.4. The van der Waals surface area contributed by atoms with Crippen molar-refractivity contribution < 1.29 is 9.59 Å². The van der Waals surface area contributed by atoms with Crippen LogP contribution in [0.5, 0.6) is 0 Å². The molecule has 3 rings (SSSR count). The standard InChI is InChI=1S/C17H28N2O2/c1-17(2)8-5-14(11-17)18-15(20)12-6-9-19(10-7-12)16(21)13-3-4-13/h12-14H,3-11H2,1-2H3,(H,18,20). The number of hydrogen-bond acceptors (Lipinski definition) is 2. The van der Waals surface area contributed by atoms with Crippen molar-refractivity contribution in [1.29, 1.82) is 0 Å². The molecule has 0 aromatic carbocycles. The van der Waals surface area contributed by atoms with Gasteiger partial charge in [-0.25, -0.2) is 0 Å². The van der Waals surface area contributed by atoms with E-state index in [2.05, 4.69) is 19.2 Å². The van der Waals surface area contributed by atoms with Gasteiger partial charge in [0.15, 0.2) is 0 Å². The first-order chi connectivity index (χ1) is 9.94. The van der Waals surface area contributed by atoms with Crippen molar-refractivity contribution in [1.82, 2.24) is 10.2 Å². The third-order valence-electron chi connectivity index (χ3n) is 5.42. The van der Waals surface area contributed by atoms with Gasteiger partial charge in [0.25, 0.3) is 0 Å². The van der Waals surface area contributed by atoms with Gasteiger partial charge in [-0.15, -0.1) is 0 Å². The van der Waals surface area contributed by atoms with Crippen LogP contribution in [0, 0.1) is 17.3 Å². The lowest BCUT2D eigenvalue weighted by atomic mass is 9.91. The summed E-state index contributed by atoms with van der Waals surface area (Å²) >= 11 is 0. The van der Waals surface area contributed by atoms with E-state index in [1.165, 1.54) is 6.42 Å². The van der Waals surface area contributed by atoms with Crippen molar-refractivity contribution in [2.45, 2.75) is 64.8 Å². The fourth-order valence-electron chi connectivity index (χ4n) is 3.83. The van der Waals surface area contributed by atoms with E-state index in [9.17, 15) is 9.59 Å². The van der Waals surface area contributed by atoms with Crippen molar-refractivity contribution in [2.75, 3.05) is 13.1 Å². The maximum absolute atomic E-state index is 12.4. The highest BCUT2D eigenvalue weighted by atomic mass is 16.2. The highest BCUT2D eigenvalue weighted by molar-refractivity contribution is 5.82. The molecule has 3 aliphatic rings. The van der Waals surface area contributed by atoms with Crippen molar-refractivity contribution >= 4 is 11.8 Å². The second kappa shape index (κ2) is 5.62. The summed E-state index contributed by atoms with van der Waals surface area (Å²) in [6, 6.07) is 0.360. The summed E-state index contributed by atoms with van der Waals surface area (Å²) in [6.45, 7) is 6.09. The number of hydrogen-bond donors (Lipinski definition) is 1. The lowest BCUT2D eigenvalue weighted by Crippen LogP contribution is -2.45. The fraction of sp³-hybridized carbons (Fsp3) is 0.882. The highest BCUT2D eigenvalue weighted by Crippen LogP contribution is 2.37. The predicted molar refractivity (Wildman–Crippen MR) is 81.6 cm³/mol. The minimum absolute atomic E-state index is 0.108. The Morgan fingerprint density at radius 3 is 2.19 bits per heavy atom. The molecule has 1 unspecified atom stereocenters. The molecule has 0 aromatic heterocycles. The van der Waals surface area contributed by atoms with Gasteiger partial charge in [0.05, 0.1) is 0 Å². The molecule has 0 bridgehead atoms. The third kappa shape index (κ3) is 3.58. The van der Waals surface area contributed by atoms with Gasteiger partial charge in [0.1, 0.15) is 0 Å². The first kappa shape index (κ1) is 14.9. The molecule has 1 aliphatic heterocycles. The first-order valence-electron chi connectivity index (χ1n) is 8.54. The summed E-state index contributed by atoms with van der Waals surface area (Å²) in [5, 5.41) is 3.24. The van der Waals surface area contributed by atoms with Gasteiger partial charge in [-0.2, -0.15) is 0 Å². The lowest BCUT2D eigenvalue weighted by Gasteiger charge is -2.32. The molecule has 2 saturated carbocycles. The van der Waals surface area contributed by atoms with Gasteiger partial charge in [-0.05, 0) is 50.4 Å². The Hall–Kier alpha value is -1.06. The van der Waals surface area contributed by atoms with Gasteiger partial charge in [0, 0.05) is 31.0 Å². The molecule has 0 spiro atoms. The summed E-state index contributed by atoms with van der Waals surface area (Å²) in [5.74, 6) is 0.954. The van der Waals surface area contributed by atoms with Crippen LogP contribution >= 0.6 is 0 Å². The van der Waals surface area contributed by atoms with Crippen molar-refractivity contribution in [3.63, 3.8) is 0 Å². The fourth-order valence-corrected chi connectivity index (χ4v) is 3.83. The molecule has 1 atom stereocenters. The average molecular weight is 292 g/mol. The van der Waals surface area contributed by atoms with Gasteiger partial charge >= 0.3 is 0 Å². The average Bonchev–Trinajstić information content (AvgIpc) is 3.24. The Labute approximate surface area is 127 Å². The molecule has 0 aromatic rings. The van der Waals surface area contributed by atoms with Crippen molar-refractivity contribution in [3.05, 3.63) is 0 Å². The Bertz CT molecular complexity index is 421. The summed E-state index contributed by atoms with van der Waals surface area (Å²) in [7, 11) is 0. The van der Waals surface area contributed by atoms with Gasteiger partial charge in [-0.3, -0.25) is 9.59 Å². The third-order valence-corrected chi connectivity index (χ3v) is 5.42. The smallest absolute Gasteiger partial charge is 0.225 e. The molecule has 3 fully saturated rings. The van der Waals surface area contributed by atoms with E-state index in [4.69, 9.17) is 0 Å². The Morgan fingerprint density at radius 1 is 1.00 bits per heavy atom. The molecule has 0 radical (unpaired) electrons. The monoisotopic (exact) mass is 292 g/mol. The van der Waals surface area contributed by atoms with E-state index in [-0.39, 0.29) is 11.8 Å². The molecule has 21 heavy (non-hydrogen) atoms. The number of carbonyl (C=O) groups excluding carboxylic acids is 2. The van der Waals surface area contributed by atoms with E-state index >= 15 is 0 Å². The zero-order chi connectivity index (χ0) is 15.0. The lowest BCUT2D eigenvalue weighted by molar-refractivity contribution is -0.136. The number of rotatable bonds is 3. The number of likely N-dealkylation sites (tertiary alicyclic amines) is 1. The van der Waals surface area contributed by atoms with E-state index < -0.39 is 0 Å².